The van der Waals surface area contributed by atoms with Crippen LogP contribution >= 0.6 is 0 Å². The number of benzene rings is 1. The van der Waals surface area contributed by atoms with E-state index in [1.165, 1.54) is 57.4 Å². The Kier molecular flexibility index (Phi) is 7.56. The second kappa shape index (κ2) is 9.75. The number of rotatable bonds is 7. The Morgan fingerprint density at radius 3 is 2.28 bits per heavy atom. The smallest absolute Gasteiger partial charge is 0.405 e. The first kappa shape index (κ1) is 22.5. The molecule has 2 saturated carbocycles. The fourth-order valence-corrected chi connectivity index (χ4v) is 6.03. The minimum atomic E-state index is -4.63. The third-order valence-corrected chi connectivity index (χ3v) is 7.48. The predicted octanol–water partition coefficient (Wildman–Crippen LogP) is 8.64. The molecule has 29 heavy (non-hydrogen) atoms. The predicted molar refractivity (Wildman–Crippen MR) is 112 cm³/mol. The molecule has 0 aromatic heterocycles. The van der Waals surface area contributed by atoms with Crippen LogP contribution in [-0.2, 0) is 0 Å². The number of hydrogen-bond donors (Lipinski definition) is 0. The molecule has 0 atom stereocenters. The highest BCUT2D eigenvalue weighted by atomic mass is 19.4. The lowest BCUT2D eigenvalue weighted by Crippen LogP contribution is -2.35. The summed E-state index contributed by atoms with van der Waals surface area (Å²) < 4.78 is 42.7. The lowest BCUT2D eigenvalue weighted by atomic mass is 9.58. The molecule has 1 aromatic carbocycles. The lowest BCUT2D eigenvalue weighted by Gasteiger charge is -2.47. The van der Waals surface area contributed by atoms with Crippen molar-refractivity contribution in [2.24, 2.45) is 17.3 Å². The van der Waals surface area contributed by atoms with E-state index in [1.54, 1.807) is 6.07 Å². The molecule has 0 amide bonds. The Morgan fingerprint density at radius 2 is 1.66 bits per heavy atom. The lowest BCUT2D eigenvalue weighted by molar-refractivity contribution is -0.275. The summed E-state index contributed by atoms with van der Waals surface area (Å²) in [6, 6.07) is 6.75. The average Bonchev–Trinajstić information content (AvgIpc) is 2.68. The van der Waals surface area contributed by atoms with Gasteiger partial charge in [-0.25, -0.2) is 0 Å². The zero-order chi connectivity index (χ0) is 20.9. The van der Waals surface area contributed by atoms with Gasteiger partial charge in [0.25, 0.3) is 0 Å². The fourth-order valence-electron chi connectivity index (χ4n) is 6.03. The van der Waals surface area contributed by atoms with E-state index < -0.39 is 6.36 Å². The Balaban J connectivity index is 1.66. The molecule has 0 saturated heterocycles. The summed E-state index contributed by atoms with van der Waals surface area (Å²) in [6.07, 6.45) is 10.4. The summed E-state index contributed by atoms with van der Waals surface area (Å²) in [5.41, 5.74) is 1.22. The molecule has 0 spiro atoms. The maximum Gasteiger partial charge on any atom is 0.573 e. The molecule has 2 fully saturated rings. The average molecular weight is 411 g/mol. The van der Waals surface area contributed by atoms with E-state index in [9.17, 15) is 13.2 Å². The first-order chi connectivity index (χ1) is 13.8. The van der Waals surface area contributed by atoms with Crippen molar-refractivity contribution >= 4 is 0 Å². The van der Waals surface area contributed by atoms with E-state index in [-0.39, 0.29) is 11.7 Å². The quantitative estimate of drug-likeness (QED) is 0.437. The van der Waals surface area contributed by atoms with Crippen molar-refractivity contribution in [3.63, 3.8) is 0 Å². The van der Waals surface area contributed by atoms with Crippen LogP contribution in [0.5, 0.6) is 5.75 Å². The van der Waals surface area contributed by atoms with Crippen LogP contribution in [0.4, 0.5) is 13.2 Å². The van der Waals surface area contributed by atoms with Crippen LogP contribution in [0.25, 0.3) is 0 Å². The monoisotopic (exact) mass is 410 g/mol. The van der Waals surface area contributed by atoms with Crippen molar-refractivity contribution < 1.29 is 17.9 Å². The van der Waals surface area contributed by atoms with Crippen molar-refractivity contribution in [3.05, 3.63) is 29.8 Å². The molecule has 0 N–H and O–H groups in total. The molecular weight excluding hydrogens is 373 g/mol. The Morgan fingerprint density at radius 1 is 1.00 bits per heavy atom. The number of ether oxygens (including phenoxy) is 1. The second-order valence-corrected chi connectivity index (χ2v) is 9.84. The molecular formula is C25H37F3O. The summed E-state index contributed by atoms with van der Waals surface area (Å²) in [7, 11) is 0. The van der Waals surface area contributed by atoms with Crippen LogP contribution in [0.1, 0.15) is 102 Å². The molecule has 1 nitrogen and oxygen atoms in total. The van der Waals surface area contributed by atoms with Crippen molar-refractivity contribution in [2.45, 2.75) is 103 Å². The normalized spacial score (nSPS) is 25.2. The van der Waals surface area contributed by atoms with Crippen LogP contribution in [0.2, 0.25) is 0 Å². The van der Waals surface area contributed by atoms with Gasteiger partial charge in [0.05, 0.1) is 0 Å². The van der Waals surface area contributed by atoms with E-state index in [2.05, 4.69) is 18.6 Å². The van der Waals surface area contributed by atoms with Crippen molar-refractivity contribution in [3.8, 4) is 5.75 Å². The number of halogens is 3. The third-order valence-electron chi connectivity index (χ3n) is 7.48. The molecule has 3 rings (SSSR count). The van der Waals surface area contributed by atoms with Gasteiger partial charge in [0.2, 0.25) is 0 Å². The topological polar surface area (TPSA) is 9.23 Å². The Labute approximate surface area is 174 Å². The van der Waals surface area contributed by atoms with Crippen LogP contribution in [0, 0.1) is 17.3 Å². The molecule has 1 aromatic rings. The van der Waals surface area contributed by atoms with Gasteiger partial charge in [0, 0.05) is 0 Å². The van der Waals surface area contributed by atoms with Gasteiger partial charge in [-0.05, 0) is 79.7 Å². The largest absolute Gasteiger partial charge is 0.573 e. The molecule has 164 valence electrons. The van der Waals surface area contributed by atoms with Crippen molar-refractivity contribution in [1.82, 2.24) is 0 Å². The van der Waals surface area contributed by atoms with E-state index >= 15 is 0 Å². The van der Waals surface area contributed by atoms with Crippen LogP contribution in [0.3, 0.4) is 0 Å². The molecule has 2 aliphatic rings. The van der Waals surface area contributed by atoms with E-state index in [4.69, 9.17) is 0 Å². The number of hydrogen-bond acceptors (Lipinski definition) is 1. The maximum absolute atomic E-state index is 12.8. The third kappa shape index (κ3) is 6.15. The van der Waals surface area contributed by atoms with Gasteiger partial charge < -0.3 is 4.74 Å². The van der Waals surface area contributed by atoms with Crippen LogP contribution < -0.4 is 4.74 Å². The fraction of sp³-hybridized carbons (Fsp3) is 0.760. The summed E-state index contributed by atoms with van der Waals surface area (Å²) in [5, 5.41) is 0. The van der Waals surface area contributed by atoms with Gasteiger partial charge in [-0.15, -0.1) is 13.2 Å². The number of alkyl halides is 3. The SMILES string of the molecule is CC(C)CCCC1(C2CCC(c3ccccc3OC(F)(F)F)CC2)CCCCC1. The Bertz CT molecular complexity index is 623. The summed E-state index contributed by atoms with van der Waals surface area (Å²) in [4.78, 5) is 0. The molecule has 0 radical (unpaired) electrons. The minimum Gasteiger partial charge on any atom is -0.405 e. The van der Waals surface area contributed by atoms with E-state index in [0.29, 0.717) is 5.41 Å². The number of para-hydroxylation sites is 1. The van der Waals surface area contributed by atoms with Gasteiger partial charge >= 0.3 is 6.36 Å². The molecule has 2 aliphatic carbocycles. The highest BCUT2D eigenvalue weighted by Gasteiger charge is 2.41. The molecule has 0 heterocycles. The van der Waals surface area contributed by atoms with Crippen LogP contribution in [-0.4, -0.2) is 6.36 Å². The van der Waals surface area contributed by atoms with Gasteiger partial charge in [-0.2, -0.15) is 0 Å². The molecule has 0 aliphatic heterocycles. The minimum absolute atomic E-state index is 0.00670. The zero-order valence-electron chi connectivity index (χ0n) is 18.1. The first-order valence-electron chi connectivity index (χ1n) is 11.6. The van der Waals surface area contributed by atoms with Crippen molar-refractivity contribution in [1.29, 1.82) is 0 Å². The zero-order valence-corrected chi connectivity index (χ0v) is 18.1. The van der Waals surface area contributed by atoms with Crippen LogP contribution in [0.15, 0.2) is 24.3 Å². The van der Waals surface area contributed by atoms with Gasteiger partial charge in [0.15, 0.2) is 0 Å². The highest BCUT2D eigenvalue weighted by molar-refractivity contribution is 5.36. The van der Waals surface area contributed by atoms with Gasteiger partial charge in [-0.3, -0.25) is 0 Å². The molecule has 0 unspecified atom stereocenters. The second-order valence-electron chi connectivity index (χ2n) is 9.84. The molecule has 4 heteroatoms. The Hall–Kier alpha value is -1.19. The molecule has 0 bridgehead atoms. The van der Waals surface area contributed by atoms with Crippen molar-refractivity contribution in [2.75, 3.05) is 0 Å². The summed E-state index contributed by atoms with van der Waals surface area (Å²) in [6.45, 7) is 4.61. The first-order valence-corrected chi connectivity index (χ1v) is 11.6. The highest BCUT2D eigenvalue weighted by Crippen LogP contribution is 2.53. The van der Waals surface area contributed by atoms with Gasteiger partial charge in [0.1, 0.15) is 5.75 Å². The maximum atomic E-state index is 12.8. The van der Waals surface area contributed by atoms with E-state index in [0.717, 1.165) is 43.1 Å². The summed E-state index contributed by atoms with van der Waals surface area (Å²) >= 11 is 0. The summed E-state index contributed by atoms with van der Waals surface area (Å²) in [5.74, 6) is 1.67. The van der Waals surface area contributed by atoms with Gasteiger partial charge in [-0.1, -0.05) is 64.2 Å². The standard InChI is InChI=1S/C25H37F3O/c1-19(2)9-8-18-24(16-6-3-7-17-24)21-14-12-20(13-15-21)22-10-4-5-11-23(22)29-25(26,27)28/h4-5,10-11,19-21H,3,6-9,12-18H2,1-2H3. The van der Waals surface area contributed by atoms with E-state index in [1.807, 2.05) is 12.1 Å².